The van der Waals surface area contributed by atoms with Crippen LogP contribution in [-0.4, -0.2) is 33.2 Å². The van der Waals surface area contributed by atoms with Crippen molar-refractivity contribution in [2.75, 3.05) is 6.54 Å². The molecule has 3 heterocycles. The van der Waals surface area contributed by atoms with Crippen molar-refractivity contribution in [3.8, 4) is 0 Å². The third-order valence-corrected chi connectivity index (χ3v) is 7.16. The van der Waals surface area contributed by atoms with Crippen LogP contribution in [0.5, 0.6) is 0 Å². The molecule has 0 aliphatic carbocycles. The van der Waals surface area contributed by atoms with Crippen molar-refractivity contribution in [1.82, 2.24) is 18.2 Å². The molecular formula is C16H18N4O3S2. The standard InChI is InChI=1S/C16H18N4O3S2/c1-3-13-15(10(2)17-23-13)12-7-5-9-20(12)25(21,22)14-8-4-6-11-16(14)19-24-18-11/h4,6,8,12H,3,5,7,9H2,1-2H3. The van der Waals surface area contributed by atoms with Crippen molar-refractivity contribution < 1.29 is 12.9 Å². The molecule has 3 aromatic rings. The van der Waals surface area contributed by atoms with Gasteiger partial charge in [0.1, 0.15) is 21.7 Å². The van der Waals surface area contributed by atoms with Gasteiger partial charge in [0.15, 0.2) is 0 Å². The topological polar surface area (TPSA) is 89.2 Å². The van der Waals surface area contributed by atoms with Gasteiger partial charge in [-0.25, -0.2) is 8.42 Å². The van der Waals surface area contributed by atoms with E-state index in [0.717, 1.165) is 41.6 Å². The van der Waals surface area contributed by atoms with Gasteiger partial charge >= 0.3 is 0 Å². The molecule has 1 fully saturated rings. The lowest BCUT2D eigenvalue weighted by atomic mass is 10.0. The Morgan fingerprint density at radius 3 is 3.00 bits per heavy atom. The van der Waals surface area contributed by atoms with E-state index in [2.05, 4.69) is 13.9 Å². The molecule has 4 rings (SSSR count). The highest BCUT2D eigenvalue weighted by atomic mass is 32.2. The van der Waals surface area contributed by atoms with Crippen LogP contribution in [0.2, 0.25) is 0 Å². The van der Waals surface area contributed by atoms with Crippen molar-refractivity contribution in [1.29, 1.82) is 0 Å². The summed E-state index contributed by atoms with van der Waals surface area (Å²) in [5.41, 5.74) is 2.72. The fourth-order valence-corrected chi connectivity index (χ4v) is 5.96. The molecule has 7 nitrogen and oxygen atoms in total. The van der Waals surface area contributed by atoms with Crippen molar-refractivity contribution in [3.63, 3.8) is 0 Å². The zero-order chi connectivity index (χ0) is 17.6. The molecule has 0 bridgehead atoms. The van der Waals surface area contributed by atoms with E-state index in [-0.39, 0.29) is 10.9 Å². The van der Waals surface area contributed by atoms with Crippen LogP contribution in [0.4, 0.5) is 0 Å². The number of sulfonamides is 1. The van der Waals surface area contributed by atoms with Gasteiger partial charge in [-0.2, -0.15) is 13.1 Å². The van der Waals surface area contributed by atoms with Gasteiger partial charge in [-0.15, -0.1) is 0 Å². The van der Waals surface area contributed by atoms with Crippen molar-refractivity contribution >= 4 is 32.8 Å². The Hall–Kier alpha value is -1.84. The Bertz CT molecular complexity index is 1030. The SMILES string of the molecule is CCc1onc(C)c1C1CCCN1S(=O)(=O)c1cccc2nsnc12. The minimum Gasteiger partial charge on any atom is -0.361 e. The van der Waals surface area contributed by atoms with Crippen molar-refractivity contribution in [2.24, 2.45) is 0 Å². The molecule has 0 N–H and O–H groups in total. The molecule has 1 aliphatic heterocycles. The number of aromatic nitrogens is 3. The lowest BCUT2D eigenvalue weighted by Gasteiger charge is -2.24. The Morgan fingerprint density at radius 1 is 1.36 bits per heavy atom. The highest BCUT2D eigenvalue weighted by Gasteiger charge is 2.40. The van der Waals surface area contributed by atoms with Gasteiger partial charge in [0.25, 0.3) is 0 Å². The predicted octanol–water partition coefficient (Wildman–Crippen LogP) is 3.08. The number of hydrogen-bond donors (Lipinski definition) is 0. The van der Waals surface area contributed by atoms with Crippen molar-refractivity contribution in [2.45, 2.75) is 44.0 Å². The molecule has 1 atom stereocenters. The van der Waals surface area contributed by atoms with E-state index < -0.39 is 10.0 Å². The van der Waals surface area contributed by atoms with Crippen molar-refractivity contribution in [3.05, 3.63) is 35.2 Å². The number of rotatable bonds is 4. The van der Waals surface area contributed by atoms with Gasteiger partial charge in [-0.05, 0) is 31.9 Å². The monoisotopic (exact) mass is 378 g/mol. The summed E-state index contributed by atoms with van der Waals surface area (Å²) in [6.45, 7) is 4.33. The highest BCUT2D eigenvalue weighted by Crippen LogP contribution is 2.40. The van der Waals surface area contributed by atoms with E-state index in [4.69, 9.17) is 4.52 Å². The van der Waals surface area contributed by atoms with Crippen LogP contribution >= 0.6 is 11.7 Å². The summed E-state index contributed by atoms with van der Waals surface area (Å²) in [6.07, 6.45) is 2.26. The van der Waals surface area contributed by atoms with Crippen LogP contribution in [0.3, 0.4) is 0 Å². The molecule has 1 aliphatic rings. The van der Waals surface area contributed by atoms with E-state index in [1.165, 1.54) is 0 Å². The maximum absolute atomic E-state index is 13.4. The molecule has 0 spiro atoms. The molecule has 9 heteroatoms. The van der Waals surface area contributed by atoms with Gasteiger partial charge in [0.2, 0.25) is 10.0 Å². The summed E-state index contributed by atoms with van der Waals surface area (Å²) >= 11 is 1.02. The van der Waals surface area contributed by atoms with Gasteiger partial charge in [0.05, 0.1) is 23.5 Å². The van der Waals surface area contributed by atoms with E-state index >= 15 is 0 Å². The Labute approximate surface area is 150 Å². The summed E-state index contributed by atoms with van der Waals surface area (Å²) in [7, 11) is -3.68. The molecular weight excluding hydrogens is 360 g/mol. The largest absolute Gasteiger partial charge is 0.361 e. The summed E-state index contributed by atoms with van der Waals surface area (Å²) < 4.78 is 42.0. The Morgan fingerprint density at radius 2 is 2.20 bits per heavy atom. The minimum atomic E-state index is -3.68. The second-order valence-electron chi connectivity index (χ2n) is 6.12. The smallest absolute Gasteiger partial charge is 0.245 e. The van der Waals surface area contributed by atoms with Crippen LogP contribution < -0.4 is 0 Å². The lowest BCUT2D eigenvalue weighted by molar-refractivity contribution is 0.368. The first kappa shape index (κ1) is 16.6. The van der Waals surface area contributed by atoms with Crippen LogP contribution in [0.1, 0.15) is 42.8 Å². The van der Waals surface area contributed by atoms with E-state index in [1.54, 1.807) is 22.5 Å². The first-order valence-electron chi connectivity index (χ1n) is 8.22. The van der Waals surface area contributed by atoms with E-state index in [0.29, 0.717) is 24.0 Å². The normalized spacial score (nSPS) is 19.0. The second-order valence-corrected chi connectivity index (χ2v) is 8.51. The molecule has 1 unspecified atom stereocenters. The summed E-state index contributed by atoms with van der Waals surface area (Å²) in [4.78, 5) is 0.220. The lowest BCUT2D eigenvalue weighted by Crippen LogP contribution is -2.31. The zero-order valence-electron chi connectivity index (χ0n) is 14.0. The van der Waals surface area contributed by atoms with Crippen LogP contribution in [0.15, 0.2) is 27.6 Å². The molecule has 0 saturated carbocycles. The van der Waals surface area contributed by atoms with E-state index in [9.17, 15) is 8.42 Å². The molecule has 2 aromatic heterocycles. The Balaban J connectivity index is 1.82. The van der Waals surface area contributed by atoms with Gasteiger partial charge in [0, 0.05) is 18.5 Å². The third-order valence-electron chi connectivity index (χ3n) is 4.68. The molecule has 0 amide bonds. The molecule has 25 heavy (non-hydrogen) atoms. The first-order valence-corrected chi connectivity index (χ1v) is 10.4. The molecule has 1 saturated heterocycles. The van der Waals surface area contributed by atoms with Crippen LogP contribution in [0.25, 0.3) is 11.0 Å². The van der Waals surface area contributed by atoms with E-state index in [1.807, 2.05) is 13.8 Å². The molecule has 1 aromatic carbocycles. The average Bonchev–Trinajstić information content (AvgIpc) is 3.32. The maximum Gasteiger partial charge on any atom is 0.245 e. The maximum atomic E-state index is 13.4. The Kier molecular flexibility index (Phi) is 4.09. The van der Waals surface area contributed by atoms with Gasteiger partial charge < -0.3 is 4.52 Å². The number of aryl methyl sites for hydroxylation is 2. The van der Waals surface area contributed by atoms with Crippen LogP contribution in [0, 0.1) is 6.92 Å². The summed E-state index contributed by atoms with van der Waals surface area (Å²) in [5, 5.41) is 4.05. The predicted molar refractivity (Wildman–Crippen MR) is 93.9 cm³/mol. The van der Waals surface area contributed by atoms with Gasteiger partial charge in [-0.3, -0.25) is 0 Å². The third kappa shape index (κ3) is 2.57. The minimum absolute atomic E-state index is 0.220. The fourth-order valence-electron chi connectivity index (χ4n) is 3.54. The average molecular weight is 378 g/mol. The van der Waals surface area contributed by atoms with Gasteiger partial charge in [-0.1, -0.05) is 18.1 Å². The summed E-state index contributed by atoms with van der Waals surface area (Å²) in [5.74, 6) is 0.762. The second kappa shape index (κ2) is 6.15. The number of fused-ring (bicyclic) bond motifs is 1. The number of nitrogens with zero attached hydrogens (tertiary/aromatic N) is 4. The quantitative estimate of drug-likeness (QED) is 0.693. The zero-order valence-corrected chi connectivity index (χ0v) is 15.6. The molecule has 132 valence electrons. The highest BCUT2D eigenvalue weighted by molar-refractivity contribution is 7.89. The number of hydrogen-bond acceptors (Lipinski definition) is 7. The number of benzene rings is 1. The fraction of sp³-hybridized carbons (Fsp3) is 0.438. The summed E-state index contributed by atoms with van der Waals surface area (Å²) in [6, 6.07) is 4.85. The van der Waals surface area contributed by atoms with Crippen LogP contribution in [-0.2, 0) is 16.4 Å². The molecule has 0 radical (unpaired) electrons. The first-order chi connectivity index (χ1) is 12.0.